The van der Waals surface area contributed by atoms with Gasteiger partial charge in [0.2, 0.25) is 0 Å². The SMILES string of the molecule is O=C1CCCC(O)=C1C=Nc1ccc(C(=O)NC[C@@H]2CCCO2)cc1. The van der Waals surface area contributed by atoms with E-state index in [1.807, 2.05) is 0 Å². The van der Waals surface area contributed by atoms with Gasteiger partial charge in [0.25, 0.3) is 5.91 Å². The lowest BCUT2D eigenvalue weighted by atomic mass is 9.97. The Morgan fingerprint density at radius 1 is 1.28 bits per heavy atom. The fourth-order valence-electron chi connectivity index (χ4n) is 2.95. The second-order valence-corrected chi connectivity index (χ2v) is 6.29. The summed E-state index contributed by atoms with van der Waals surface area (Å²) in [7, 11) is 0. The topological polar surface area (TPSA) is 88.0 Å². The van der Waals surface area contributed by atoms with Crippen LogP contribution >= 0.6 is 0 Å². The summed E-state index contributed by atoms with van der Waals surface area (Å²) in [6.45, 7) is 1.29. The quantitative estimate of drug-likeness (QED) is 0.806. The molecule has 2 aliphatic rings. The van der Waals surface area contributed by atoms with E-state index in [1.165, 1.54) is 6.21 Å². The van der Waals surface area contributed by atoms with Crippen molar-refractivity contribution < 1.29 is 19.4 Å². The van der Waals surface area contributed by atoms with E-state index in [9.17, 15) is 14.7 Å². The van der Waals surface area contributed by atoms with E-state index in [0.717, 1.165) is 19.4 Å². The number of amides is 1. The molecule has 2 N–H and O–H groups in total. The molecule has 132 valence electrons. The molecule has 0 spiro atoms. The van der Waals surface area contributed by atoms with Crippen molar-refractivity contribution in [2.45, 2.75) is 38.2 Å². The summed E-state index contributed by atoms with van der Waals surface area (Å²) in [4.78, 5) is 28.1. The first-order valence-electron chi connectivity index (χ1n) is 8.63. The number of carbonyl (C=O) groups excluding carboxylic acids is 2. The zero-order chi connectivity index (χ0) is 17.6. The number of aliphatic imine (C=N–C) groups is 1. The molecule has 1 aliphatic heterocycles. The number of Topliss-reactive ketones (excluding diaryl/α,β-unsaturated/α-hetero) is 1. The van der Waals surface area contributed by atoms with Crippen LogP contribution < -0.4 is 5.32 Å². The molecule has 1 saturated heterocycles. The summed E-state index contributed by atoms with van der Waals surface area (Å²) in [6, 6.07) is 6.80. The number of ether oxygens (including phenoxy) is 1. The molecule has 6 heteroatoms. The van der Waals surface area contributed by atoms with Crippen molar-refractivity contribution in [1.29, 1.82) is 0 Å². The first-order chi connectivity index (χ1) is 12.1. The molecule has 0 radical (unpaired) electrons. The number of carbonyl (C=O) groups is 2. The van der Waals surface area contributed by atoms with E-state index in [1.54, 1.807) is 24.3 Å². The van der Waals surface area contributed by atoms with Gasteiger partial charge in [0.05, 0.1) is 17.4 Å². The fraction of sp³-hybridized carbons (Fsp3) is 0.421. The second kappa shape index (κ2) is 8.07. The molecule has 0 unspecified atom stereocenters. The highest BCUT2D eigenvalue weighted by Crippen LogP contribution is 2.20. The van der Waals surface area contributed by atoms with Crippen LogP contribution in [0.1, 0.15) is 42.5 Å². The third-order valence-electron chi connectivity index (χ3n) is 4.42. The Bertz CT molecular complexity index is 701. The van der Waals surface area contributed by atoms with E-state index in [2.05, 4.69) is 10.3 Å². The number of nitrogens with one attached hydrogen (secondary N) is 1. The molecule has 25 heavy (non-hydrogen) atoms. The molecule has 1 fully saturated rings. The zero-order valence-electron chi connectivity index (χ0n) is 14.0. The van der Waals surface area contributed by atoms with Gasteiger partial charge in [-0.25, -0.2) is 0 Å². The van der Waals surface area contributed by atoms with E-state index in [0.29, 0.717) is 37.1 Å². The van der Waals surface area contributed by atoms with Gasteiger partial charge >= 0.3 is 0 Å². The minimum atomic E-state index is -0.145. The smallest absolute Gasteiger partial charge is 0.251 e. The van der Waals surface area contributed by atoms with Gasteiger partial charge in [0, 0.05) is 37.8 Å². The molecule has 0 aromatic heterocycles. The maximum Gasteiger partial charge on any atom is 0.251 e. The Morgan fingerprint density at radius 2 is 2.08 bits per heavy atom. The number of rotatable bonds is 5. The third kappa shape index (κ3) is 4.54. The van der Waals surface area contributed by atoms with Gasteiger partial charge in [0.1, 0.15) is 5.76 Å². The predicted octanol–water partition coefficient (Wildman–Crippen LogP) is 2.86. The molecule has 1 amide bonds. The van der Waals surface area contributed by atoms with Crippen molar-refractivity contribution >= 4 is 23.6 Å². The molecule has 1 aromatic rings. The van der Waals surface area contributed by atoms with E-state index in [4.69, 9.17) is 4.74 Å². The summed E-state index contributed by atoms with van der Waals surface area (Å²) < 4.78 is 5.48. The number of aliphatic hydroxyl groups is 1. The van der Waals surface area contributed by atoms with Crippen molar-refractivity contribution in [2.24, 2.45) is 4.99 Å². The van der Waals surface area contributed by atoms with Crippen molar-refractivity contribution in [3.05, 3.63) is 41.2 Å². The van der Waals surface area contributed by atoms with Crippen molar-refractivity contribution in [3.8, 4) is 0 Å². The molecular formula is C19H22N2O4. The summed E-state index contributed by atoms with van der Waals surface area (Å²) in [6.07, 6.45) is 5.17. The molecule has 1 aromatic carbocycles. The summed E-state index contributed by atoms with van der Waals surface area (Å²) >= 11 is 0. The van der Waals surface area contributed by atoms with Gasteiger partial charge in [-0.2, -0.15) is 0 Å². The van der Waals surface area contributed by atoms with Crippen molar-refractivity contribution in [2.75, 3.05) is 13.2 Å². The average Bonchev–Trinajstić information content (AvgIpc) is 3.13. The van der Waals surface area contributed by atoms with Crippen LogP contribution in [-0.4, -0.2) is 42.3 Å². The van der Waals surface area contributed by atoms with Crippen LogP contribution in [0.5, 0.6) is 0 Å². The molecule has 1 heterocycles. The monoisotopic (exact) mass is 342 g/mol. The van der Waals surface area contributed by atoms with Crippen molar-refractivity contribution in [1.82, 2.24) is 5.32 Å². The van der Waals surface area contributed by atoms with Crippen LogP contribution in [0, 0.1) is 0 Å². The second-order valence-electron chi connectivity index (χ2n) is 6.29. The fourth-order valence-corrected chi connectivity index (χ4v) is 2.95. The number of benzene rings is 1. The van der Waals surface area contributed by atoms with Crippen LogP contribution in [0.25, 0.3) is 0 Å². The molecule has 1 atom stereocenters. The Labute approximate surface area is 146 Å². The standard InChI is InChI=1S/C19H22N2O4/c22-17-4-1-5-18(23)16(17)12-20-14-8-6-13(7-9-14)19(24)21-11-15-3-2-10-25-15/h6-9,12,15,22H,1-5,10-11H2,(H,21,24)/t15-/m0/s1. The van der Waals surface area contributed by atoms with Crippen LogP contribution in [-0.2, 0) is 9.53 Å². The first-order valence-corrected chi connectivity index (χ1v) is 8.63. The lowest BCUT2D eigenvalue weighted by Gasteiger charge is -2.11. The summed E-state index contributed by atoms with van der Waals surface area (Å²) in [5, 5.41) is 12.7. The van der Waals surface area contributed by atoms with E-state index < -0.39 is 0 Å². The molecule has 0 saturated carbocycles. The number of hydrogen-bond acceptors (Lipinski definition) is 5. The Morgan fingerprint density at radius 3 is 2.76 bits per heavy atom. The van der Waals surface area contributed by atoms with Crippen LogP contribution in [0.15, 0.2) is 40.6 Å². The lowest BCUT2D eigenvalue weighted by Crippen LogP contribution is -2.31. The van der Waals surface area contributed by atoms with Gasteiger partial charge in [0.15, 0.2) is 5.78 Å². The molecule has 3 rings (SSSR count). The highest BCUT2D eigenvalue weighted by atomic mass is 16.5. The molecular weight excluding hydrogens is 320 g/mol. The third-order valence-corrected chi connectivity index (χ3v) is 4.42. The van der Waals surface area contributed by atoms with Gasteiger partial charge < -0.3 is 15.2 Å². The number of hydrogen-bond donors (Lipinski definition) is 2. The zero-order valence-corrected chi connectivity index (χ0v) is 14.0. The van der Waals surface area contributed by atoms with Crippen LogP contribution in [0.3, 0.4) is 0 Å². The maximum absolute atomic E-state index is 12.1. The minimum Gasteiger partial charge on any atom is -0.512 e. The number of aliphatic hydroxyl groups excluding tert-OH is 1. The number of ketones is 1. The first kappa shape index (κ1) is 17.4. The molecule has 6 nitrogen and oxygen atoms in total. The number of nitrogens with zero attached hydrogens (tertiary/aromatic N) is 1. The maximum atomic E-state index is 12.1. The van der Waals surface area contributed by atoms with Gasteiger partial charge in [-0.05, 0) is 43.5 Å². The normalized spacial score (nSPS) is 21.1. The lowest BCUT2D eigenvalue weighted by molar-refractivity contribution is -0.115. The highest BCUT2D eigenvalue weighted by molar-refractivity contribution is 6.14. The minimum absolute atomic E-state index is 0.0855. The molecule has 1 aliphatic carbocycles. The largest absolute Gasteiger partial charge is 0.512 e. The van der Waals surface area contributed by atoms with Gasteiger partial charge in [-0.3, -0.25) is 14.6 Å². The Kier molecular flexibility index (Phi) is 5.60. The Balaban J connectivity index is 1.59. The highest BCUT2D eigenvalue weighted by Gasteiger charge is 2.18. The van der Waals surface area contributed by atoms with Gasteiger partial charge in [-0.1, -0.05) is 0 Å². The Hall–Kier alpha value is -2.47. The van der Waals surface area contributed by atoms with Gasteiger partial charge in [-0.15, -0.1) is 0 Å². The van der Waals surface area contributed by atoms with E-state index in [-0.39, 0.29) is 29.1 Å². The van der Waals surface area contributed by atoms with Crippen molar-refractivity contribution in [3.63, 3.8) is 0 Å². The van der Waals surface area contributed by atoms with E-state index >= 15 is 0 Å². The number of allylic oxidation sites excluding steroid dienone is 2. The van der Waals surface area contributed by atoms with Crippen LogP contribution in [0.2, 0.25) is 0 Å². The summed E-state index contributed by atoms with van der Waals surface area (Å²) in [5.74, 6) is -0.128. The van der Waals surface area contributed by atoms with Crippen LogP contribution in [0.4, 0.5) is 5.69 Å². The average molecular weight is 342 g/mol. The summed E-state index contributed by atoms with van der Waals surface area (Å²) in [5.41, 5.74) is 1.45. The molecule has 0 bridgehead atoms. The predicted molar refractivity (Wildman–Crippen MR) is 94.4 cm³/mol.